The number of thiophene rings is 1. The number of unbranched alkanes of at least 4 members (excludes halogenated alkanes) is 1. The Balaban J connectivity index is 1.88. The summed E-state index contributed by atoms with van der Waals surface area (Å²) in [6.07, 6.45) is 11.8. The Morgan fingerprint density at radius 3 is 2.83 bits per heavy atom. The number of allylic oxidation sites excluding steroid dienone is 3. The average molecular weight is 451 g/mol. The van der Waals surface area contributed by atoms with E-state index in [1.54, 1.807) is 11.3 Å². The number of aliphatic hydroxyl groups is 2. The summed E-state index contributed by atoms with van der Waals surface area (Å²) in [4.78, 5) is 12.8. The van der Waals surface area contributed by atoms with Crippen LogP contribution < -0.4 is 0 Å². The predicted molar refractivity (Wildman–Crippen MR) is 124 cm³/mol. The van der Waals surface area contributed by atoms with E-state index in [2.05, 4.69) is 0 Å². The second-order valence-electron chi connectivity index (χ2n) is 8.14. The lowest BCUT2D eigenvalue weighted by atomic mass is 9.80. The summed E-state index contributed by atoms with van der Waals surface area (Å²) in [5.41, 5.74) is 0. The maximum atomic E-state index is 10.6. The molecule has 1 heterocycles. The highest BCUT2D eigenvalue weighted by atomic mass is 35.5. The van der Waals surface area contributed by atoms with Crippen LogP contribution in [-0.4, -0.2) is 41.3 Å². The van der Waals surface area contributed by atoms with Crippen molar-refractivity contribution >= 4 is 36.8 Å². The van der Waals surface area contributed by atoms with Gasteiger partial charge in [0, 0.05) is 16.2 Å². The number of carboxylic acids is 1. The number of carboxylic acid groups (broad SMARTS) is 1. The lowest BCUT2D eigenvalue weighted by Gasteiger charge is -2.21. The molecule has 0 aromatic carbocycles. The largest absolute Gasteiger partial charge is 0.481 e. The zero-order valence-corrected chi connectivity index (χ0v) is 19.1. The van der Waals surface area contributed by atoms with Gasteiger partial charge < -0.3 is 15.3 Å². The van der Waals surface area contributed by atoms with Crippen molar-refractivity contribution in [1.29, 1.82) is 0 Å². The van der Waals surface area contributed by atoms with E-state index in [9.17, 15) is 15.0 Å². The van der Waals surface area contributed by atoms with Crippen molar-refractivity contribution in [3.05, 3.63) is 45.1 Å². The van der Waals surface area contributed by atoms with Gasteiger partial charge in [-0.2, -0.15) is 0 Å². The molecule has 0 aliphatic heterocycles. The van der Waals surface area contributed by atoms with E-state index < -0.39 is 18.2 Å². The molecule has 3 N–H and O–H groups in total. The molecule has 0 bridgehead atoms. The molecule has 1 fully saturated rings. The summed E-state index contributed by atoms with van der Waals surface area (Å²) in [5.74, 6) is -0.382. The molecule has 7 heteroatoms. The van der Waals surface area contributed by atoms with Gasteiger partial charge in [0.2, 0.25) is 0 Å². The Kier molecular flexibility index (Phi) is 10.7. The molecule has 0 amide bonds. The summed E-state index contributed by atoms with van der Waals surface area (Å²) in [6, 6.07) is 1.97. The number of rotatable bonds is 12. The SMILES string of the molecule is [B]C[C@@H]1CC(O)[C@H](CC=CCCCC(=O)O)[C@H]1C=C[C@@H](O)CCc1cc(Cl)c(C)s1. The molecule has 1 aromatic rings. The number of hydrogen-bond acceptors (Lipinski definition) is 4. The van der Waals surface area contributed by atoms with Gasteiger partial charge >= 0.3 is 5.97 Å². The first-order valence-electron chi connectivity index (χ1n) is 10.7. The van der Waals surface area contributed by atoms with Gasteiger partial charge in [-0.3, -0.25) is 4.79 Å². The van der Waals surface area contributed by atoms with Gasteiger partial charge in [-0.15, -0.1) is 11.3 Å². The molecule has 4 nitrogen and oxygen atoms in total. The molecule has 164 valence electrons. The first-order valence-corrected chi connectivity index (χ1v) is 11.9. The minimum absolute atomic E-state index is 0.0662. The fourth-order valence-electron chi connectivity index (χ4n) is 4.14. The van der Waals surface area contributed by atoms with Crippen molar-refractivity contribution in [3.8, 4) is 0 Å². The van der Waals surface area contributed by atoms with Crippen LogP contribution in [0.4, 0.5) is 0 Å². The number of carbonyl (C=O) groups is 1. The van der Waals surface area contributed by atoms with Crippen LogP contribution in [0.5, 0.6) is 0 Å². The first kappa shape index (κ1) is 25.2. The van der Waals surface area contributed by atoms with Crippen LogP contribution in [0, 0.1) is 24.7 Å². The van der Waals surface area contributed by atoms with Gasteiger partial charge in [0.05, 0.1) is 25.1 Å². The molecule has 1 aliphatic rings. The molecule has 1 unspecified atom stereocenters. The van der Waals surface area contributed by atoms with Gasteiger partial charge in [0.15, 0.2) is 0 Å². The summed E-state index contributed by atoms with van der Waals surface area (Å²) in [6.45, 7) is 1.99. The number of aliphatic carboxylic acids is 1. The molecular formula is C23H32BClO4S. The molecule has 1 aromatic heterocycles. The predicted octanol–water partition coefficient (Wildman–Crippen LogP) is 4.96. The summed E-state index contributed by atoms with van der Waals surface area (Å²) in [5, 5.41) is 30.4. The van der Waals surface area contributed by atoms with Gasteiger partial charge in [0.25, 0.3) is 0 Å². The van der Waals surface area contributed by atoms with E-state index >= 15 is 0 Å². The fraction of sp³-hybridized carbons (Fsp3) is 0.609. The maximum Gasteiger partial charge on any atom is 0.303 e. The third-order valence-corrected chi connectivity index (χ3v) is 7.48. The Morgan fingerprint density at radius 1 is 1.43 bits per heavy atom. The van der Waals surface area contributed by atoms with E-state index in [-0.39, 0.29) is 24.2 Å². The van der Waals surface area contributed by atoms with Crippen LogP contribution in [0.1, 0.15) is 48.3 Å². The zero-order valence-electron chi connectivity index (χ0n) is 17.5. The number of aliphatic hydroxyl groups excluding tert-OH is 2. The Morgan fingerprint density at radius 2 is 2.20 bits per heavy atom. The van der Waals surface area contributed by atoms with E-state index in [0.29, 0.717) is 25.6 Å². The lowest BCUT2D eigenvalue weighted by molar-refractivity contribution is -0.137. The van der Waals surface area contributed by atoms with Crippen molar-refractivity contribution < 1.29 is 20.1 Å². The second-order valence-corrected chi connectivity index (χ2v) is 9.89. The molecule has 0 spiro atoms. The Labute approximate surface area is 190 Å². The van der Waals surface area contributed by atoms with Crippen LogP contribution in [0.25, 0.3) is 0 Å². The third kappa shape index (κ3) is 7.88. The fourth-order valence-corrected chi connectivity index (χ4v) is 5.40. The normalized spacial score (nSPS) is 25.5. The van der Waals surface area contributed by atoms with Crippen LogP contribution in [0.15, 0.2) is 30.4 Å². The number of aryl methyl sites for hydroxylation is 2. The molecule has 0 saturated heterocycles. The van der Waals surface area contributed by atoms with Crippen molar-refractivity contribution in [3.63, 3.8) is 0 Å². The van der Waals surface area contributed by atoms with Gasteiger partial charge in [-0.05, 0) is 69.3 Å². The molecule has 5 atom stereocenters. The van der Waals surface area contributed by atoms with Crippen molar-refractivity contribution in [2.45, 2.75) is 70.4 Å². The Hall–Kier alpha value is -1.08. The van der Waals surface area contributed by atoms with E-state index in [0.717, 1.165) is 29.2 Å². The molecule has 1 aliphatic carbocycles. The highest BCUT2D eigenvalue weighted by Crippen LogP contribution is 2.42. The molecule has 1 saturated carbocycles. The summed E-state index contributed by atoms with van der Waals surface area (Å²) >= 11 is 7.77. The second kappa shape index (κ2) is 12.7. The summed E-state index contributed by atoms with van der Waals surface area (Å²) < 4.78 is 0. The van der Waals surface area contributed by atoms with Gasteiger partial charge in [0.1, 0.15) is 0 Å². The van der Waals surface area contributed by atoms with Crippen molar-refractivity contribution in [2.24, 2.45) is 17.8 Å². The smallest absolute Gasteiger partial charge is 0.303 e. The van der Waals surface area contributed by atoms with Gasteiger partial charge in [-0.1, -0.05) is 42.2 Å². The standard InChI is InChI=1S/C23H32BClO4S/c1-15-21(25)13-18(30-15)10-8-17(26)9-11-19-16(14-24)12-22(27)20(19)6-4-2-3-5-7-23(28)29/h2,4,9,11,13,16-17,19-20,22,26-27H,3,5-8,10,12,14H2,1H3,(H,28,29)/t16-,17-,19-,20+,22?/m0/s1. The van der Waals surface area contributed by atoms with Crippen LogP contribution in [-0.2, 0) is 11.2 Å². The van der Waals surface area contributed by atoms with E-state index in [1.807, 2.05) is 37.3 Å². The highest BCUT2D eigenvalue weighted by Gasteiger charge is 2.39. The average Bonchev–Trinajstić information content (AvgIpc) is 3.19. The zero-order chi connectivity index (χ0) is 22.1. The van der Waals surface area contributed by atoms with Crippen molar-refractivity contribution in [1.82, 2.24) is 0 Å². The minimum atomic E-state index is -0.776. The quantitative estimate of drug-likeness (QED) is 0.239. The summed E-state index contributed by atoms with van der Waals surface area (Å²) in [7, 11) is 5.94. The number of hydrogen-bond donors (Lipinski definition) is 3. The van der Waals surface area contributed by atoms with E-state index in [4.69, 9.17) is 24.6 Å². The van der Waals surface area contributed by atoms with Crippen molar-refractivity contribution in [2.75, 3.05) is 0 Å². The minimum Gasteiger partial charge on any atom is -0.481 e. The van der Waals surface area contributed by atoms with Gasteiger partial charge in [-0.25, -0.2) is 0 Å². The van der Waals surface area contributed by atoms with Crippen LogP contribution in [0.3, 0.4) is 0 Å². The van der Waals surface area contributed by atoms with Crippen LogP contribution in [0.2, 0.25) is 11.3 Å². The highest BCUT2D eigenvalue weighted by molar-refractivity contribution is 7.12. The third-order valence-electron chi connectivity index (χ3n) is 5.87. The Bertz CT molecular complexity index is 713. The van der Waals surface area contributed by atoms with E-state index in [1.165, 1.54) is 4.88 Å². The number of halogens is 1. The molecular weight excluding hydrogens is 419 g/mol. The maximum absolute atomic E-state index is 10.6. The molecule has 2 radical (unpaired) electrons. The molecule has 2 rings (SSSR count). The van der Waals surface area contributed by atoms with Crippen LogP contribution >= 0.6 is 22.9 Å². The topological polar surface area (TPSA) is 77.8 Å². The lowest BCUT2D eigenvalue weighted by Crippen LogP contribution is -2.19. The monoisotopic (exact) mass is 450 g/mol. The first-order chi connectivity index (χ1) is 14.3. The molecule has 30 heavy (non-hydrogen) atoms.